The minimum absolute atomic E-state index is 0.107. The summed E-state index contributed by atoms with van der Waals surface area (Å²) < 4.78 is 0. The summed E-state index contributed by atoms with van der Waals surface area (Å²) in [6.07, 6.45) is 1.56. The first-order valence-corrected chi connectivity index (χ1v) is 11.2. The Morgan fingerprint density at radius 2 is 1.48 bits per heavy atom. The number of carboxylic acid groups (broad SMARTS) is 1. The van der Waals surface area contributed by atoms with Crippen molar-refractivity contribution in [3.8, 4) is 0 Å². The minimum Gasteiger partial charge on any atom is -0.480 e. The van der Waals surface area contributed by atoms with Gasteiger partial charge in [-0.2, -0.15) is 0 Å². The van der Waals surface area contributed by atoms with Gasteiger partial charge in [-0.05, 0) is 44.2 Å². The predicted octanol–water partition coefficient (Wildman–Crippen LogP) is -0.0997. The van der Waals surface area contributed by atoms with Crippen molar-refractivity contribution in [1.29, 1.82) is 0 Å². The van der Waals surface area contributed by atoms with Crippen LogP contribution in [0.25, 0.3) is 0 Å². The van der Waals surface area contributed by atoms with Crippen molar-refractivity contribution in [2.75, 3.05) is 6.54 Å². The van der Waals surface area contributed by atoms with Crippen molar-refractivity contribution in [2.45, 2.75) is 70.6 Å². The van der Waals surface area contributed by atoms with E-state index in [-0.39, 0.29) is 18.8 Å². The van der Waals surface area contributed by atoms with E-state index in [0.717, 1.165) is 5.56 Å². The summed E-state index contributed by atoms with van der Waals surface area (Å²) in [7, 11) is 0. The number of unbranched alkanes of at least 4 members (excludes halogenated alkanes) is 1. The van der Waals surface area contributed by atoms with Crippen molar-refractivity contribution >= 4 is 23.7 Å². The highest BCUT2D eigenvalue weighted by Gasteiger charge is 2.29. The molecule has 10 heteroatoms. The molecule has 33 heavy (non-hydrogen) atoms. The molecule has 184 valence electrons. The molecule has 0 aromatic heterocycles. The summed E-state index contributed by atoms with van der Waals surface area (Å²) in [5.41, 5.74) is 12.1. The molecule has 10 nitrogen and oxygen atoms in total. The van der Waals surface area contributed by atoms with Crippen LogP contribution in [0.15, 0.2) is 30.3 Å². The zero-order valence-electron chi connectivity index (χ0n) is 19.5. The molecule has 0 aliphatic heterocycles. The molecular weight excluding hydrogens is 426 g/mol. The fraction of sp³-hybridized carbons (Fsp3) is 0.565. The largest absolute Gasteiger partial charge is 0.480 e. The summed E-state index contributed by atoms with van der Waals surface area (Å²) in [5, 5.41) is 17.2. The van der Waals surface area contributed by atoms with E-state index < -0.39 is 47.9 Å². The Bertz CT molecular complexity index is 787. The molecule has 0 saturated carbocycles. The third-order valence-electron chi connectivity index (χ3n) is 5.25. The van der Waals surface area contributed by atoms with Crippen LogP contribution in [0.1, 0.15) is 45.6 Å². The number of carbonyl (C=O) groups is 4. The average molecular weight is 464 g/mol. The zero-order chi connectivity index (χ0) is 25.0. The van der Waals surface area contributed by atoms with Crippen LogP contribution in [0.2, 0.25) is 0 Å². The van der Waals surface area contributed by atoms with Gasteiger partial charge in [0.1, 0.15) is 18.1 Å². The fourth-order valence-corrected chi connectivity index (χ4v) is 3.06. The van der Waals surface area contributed by atoms with Crippen molar-refractivity contribution in [3.63, 3.8) is 0 Å². The van der Waals surface area contributed by atoms with Gasteiger partial charge in [-0.25, -0.2) is 4.79 Å². The molecule has 0 aliphatic carbocycles. The molecule has 1 rings (SSSR count). The highest BCUT2D eigenvalue weighted by molar-refractivity contribution is 5.94. The molecule has 1 aromatic rings. The van der Waals surface area contributed by atoms with E-state index in [9.17, 15) is 24.3 Å². The SMILES string of the molecule is CC(C)[C@H](N)C(=O)N[C@@H](C)C(=O)N[C@@H](Cc1ccccc1)C(=O)N[C@@H](CCCCN)C(=O)O. The molecule has 0 spiro atoms. The van der Waals surface area contributed by atoms with Crippen LogP contribution >= 0.6 is 0 Å². The number of nitrogens with one attached hydrogen (secondary N) is 3. The Morgan fingerprint density at radius 1 is 0.879 bits per heavy atom. The van der Waals surface area contributed by atoms with E-state index in [1.807, 2.05) is 6.07 Å². The highest BCUT2D eigenvalue weighted by atomic mass is 16.4. The molecule has 3 amide bonds. The molecule has 8 N–H and O–H groups in total. The van der Waals surface area contributed by atoms with Gasteiger partial charge in [0, 0.05) is 6.42 Å². The maximum absolute atomic E-state index is 13.0. The highest BCUT2D eigenvalue weighted by Crippen LogP contribution is 2.07. The monoisotopic (exact) mass is 463 g/mol. The van der Waals surface area contributed by atoms with Gasteiger partial charge in [-0.3, -0.25) is 14.4 Å². The number of benzene rings is 1. The second kappa shape index (κ2) is 14.2. The summed E-state index contributed by atoms with van der Waals surface area (Å²) in [6.45, 7) is 5.50. The summed E-state index contributed by atoms with van der Waals surface area (Å²) in [4.78, 5) is 49.5. The van der Waals surface area contributed by atoms with Crippen LogP contribution in [0.4, 0.5) is 0 Å². The van der Waals surface area contributed by atoms with Crippen LogP contribution in [0, 0.1) is 5.92 Å². The molecule has 0 fully saturated rings. The first-order chi connectivity index (χ1) is 15.6. The lowest BCUT2D eigenvalue weighted by Gasteiger charge is -2.24. The Balaban J connectivity index is 2.92. The molecule has 1 aromatic carbocycles. The van der Waals surface area contributed by atoms with Gasteiger partial charge in [-0.15, -0.1) is 0 Å². The van der Waals surface area contributed by atoms with Gasteiger partial charge < -0.3 is 32.5 Å². The maximum atomic E-state index is 13.0. The quantitative estimate of drug-likeness (QED) is 0.209. The lowest BCUT2D eigenvalue weighted by molar-refractivity contribution is -0.142. The smallest absolute Gasteiger partial charge is 0.326 e. The molecule has 0 heterocycles. The fourth-order valence-electron chi connectivity index (χ4n) is 3.06. The molecule has 0 radical (unpaired) electrons. The number of aliphatic carboxylic acids is 1. The Kier molecular flexibility index (Phi) is 12.1. The van der Waals surface area contributed by atoms with Gasteiger partial charge in [0.2, 0.25) is 17.7 Å². The van der Waals surface area contributed by atoms with Crippen molar-refractivity contribution in [3.05, 3.63) is 35.9 Å². The first kappa shape index (κ1) is 28.1. The lowest BCUT2D eigenvalue weighted by Crippen LogP contribution is -2.57. The van der Waals surface area contributed by atoms with Crippen molar-refractivity contribution in [2.24, 2.45) is 17.4 Å². The molecule has 0 aliphatic rings. The summed E-state index contributed by atoms with van der Waals surface area (Å²) in [6, 6.07) is 5.19. The van der Waals surface area contributed by atoms with Gasteiger partial charge in [0.25, 0.3) is 0 Å². The number of hydrogen-bond donors (Lipinski definition) is 6. The first-order valence-electron chi connectivity index (χ1n) is 11.2. The third kappa shape index (κ3) is 10.0. The maximum Gasteiger partial charge on any atom is 0.326 e. The standard InChI is InChI=1S/C23H37N5O5/c1-14(2)19(25)22(31)26-15(3)20(29)28-18(13-16-9-5-4-6-10-16)21(30)27-17(23(32)33)11-7-8-12-24/h4-6,9-10,14-15,17-19H,7-8,11-13,24-25H2,1-3H3,(H,26,31)(H,27,30)(H,28,29)(H,32,33)/t15-,17-,18-,19-/m0/s1. The van der Waals surface area contributed by atoms with Gasteiger partial charge >= 0.3 is 5.97 Å². The zero-order valence-corrected chi connectivity index (χ0v) is 19.5. The van der Waals surface area contributed by atoms with Crippen LogP contribution in [-0.4, -0.2) is 59.5 Å². The minimum atomic E-state index is -1.16. The Morgan fingerprint density at radius 3 is 2.03 bits per heavy atom. The number of hydrogen-bond acceptors (Lipinski definition) is 6. The van der Waals surface area contributed by atoms with E-state index in [1.54, 1.807) is 38.1 Å². The third-order valence-corrected chi connectivity index (χ3v) is 5.25. The molecule has 4 atom stereocenters. The number of amides is 3. The predicted molar refractivity (Wildman–Crippen MR) is 125 cm³/mol. The number of carbonyl (C=O) groups excluding carboxylic acids is 3. The van der Waals surface area contributed by atoms with Crippen LogP contribution in [-0.2, 0) is 25.6 Å². The number of nitrogens with two attached hydrogens (primary N) is 2. The van der Waals surface area contributed by atoms with Crippen molar-refractivity contribution in [1.82, 2.24) is 16.0 Å². The lowest BCUT2D eigenvalue weighted by atomic mass is 10.0. The summed E-state index contributed by atoms with van der Waals surface area (Å²) in [5.74, 6) is -2.93. The van der Waals surface area contributed by atoms with Gasteiger partial charge in [-0.1, -0.05) is 44.2 Å². The Hall–Kier alpha value is -2.98. The van der Waals surface area contributed by atoms with E-state index in [1.165, 1.54) is 6.92 Å². The van der Waals surface area contributed by atoms with Gasteiger partial charge in [0.15, 0.2) is 0 Å². The summed E-state index contributed by atoms with van der Waals surface area (Å²) >= 11 is 0. The molecule has 0 saturated heterocycles. The number of carboxylic acids is 1. The van der Waals surface area contributed by atoms with E-state index in [4.69, 9.17) is 11.5 Å². The van der Waals surface area contributed by atoms with E-state index >= 15 is 0 Å². The second-order valence-electron chi connectivity index (χ2n) is 8.43. The molecule has 0 unspecified atom stereocenters. The molecule has 0 bridgehead atoms. The van der Waals surface area contributed by atoms with Crippen LogP contribution < -0.4 is 27.4 Å². The Labute approximate surface area is 194 Å². The average Bonchev–Trinajstić information content (AvgIpc) is 2.77. The van der Waals surface area contributed by atoms with E-state index in [0.29, 0.717) is 19.4 Å². The van der Waals surface area contributed by atoms with E-state index in [2.05, 4.69) is 16.0 Å². The topological polar surface area (TPSA) is 177 Å². The number of rotatable bonds is 14. The van der Waals surface area contributed by atoms with Crippen molar-refractivity contribution < 1.29 is 24.3 Å². The second-order valence-corrected chi connectivity index (χ2v) is 8.43. The van der Waals surface area contributed by atoms with Crippen LogP contribution in [0.5, 0.6) is 0 Å². The molecular formula is C23H37N5O5. The normalized spacial score (nSPS) is 14.6. The van der Waals surface area contributed by atoms with Crippen LogP contribution in [0.3, 0.4) is 0 Å². The van der Waals surface area contributed by atoms with Gasteiger partial charge in [0.05, 0.1) is 6.04 Å².